The van der Waals surface area contributed by atoms with E-state index in [9.17, 15) is 13.8 Å². The molecule has 140 valence electrons. The van der Waals surface area contributed by atoms with Gasteiger partial charge >= 0.3 is 11.6 Å². The Morgan fingerprint density at radius 1 is 1.11 bits per heavy atom. The standard InChI is InChI=1S/C21H20O5S/c1-13-7-18-17(10-20(22)26-19(18)8-14(13)2)11-25-21(23)16-6-4-5-15(9-16)12-27(3)24/h4-10H,11-12H2,1-3H3. The van der Waals surface area contributed by atoms with Crippen LogP contribution in [0.2, 0.25) is 0 Å². The summed E-state index contributed by atoms with van der Waals surface area (Å²) in [6, 6.07) is 12.0. The Morgan fingerprint density at radius 3 is 2.59 bits per heavy atom. The molecule has 0 saturated heterocycles. The van der Waals surface area contributed by atoms with Gasteiger partial charge in [-0.15, -0.1) is 0 Å². The molecule has 5 nitrogen and oxygen atoms in total. The first-order chi connectivity index (χ1) is 12.8. The lowest BCUT2D eigenvalue weighted by Crippen LogP contribution is -2.08. The summed E-state index contributed by atoms with van der Waals surface area (Å²) < 4.78 is 22.0. The summed E-state index contributed by atoms with van der Waals surface area (Å²) in [5.74, 6) is -0.117. The van der Waals surface area contributed by atoms with E-state index in [1.807, 2.05) is 32.0 Å². The zero-order valence-electron chi connectivity index (χ0n) is 15.4. The summed E-state index contributed by atoms with van der Waals surface area (Å²) in [5, 5.41) is 0.751. The second-order valence-electron chi connectivity index (χ2n) is 6.52. The predicted octanol–water partition coefficient (Wildman–Crippen LogP) is 3.65. The molecule has 0 aliphatic heterocycles. The molecule has 27 heavy (non-hydrogen) atoms. The molecule has 0 aliphatic carbocycles. The monoisotopic (exact) mass is 384 g/mol. The lowest BCUT2D eigenvalue weighted by atomic mass is 10.0. The lowest BCUT2D eigenvalue weighted by molar-refractivity contribution is 0.0473. The Labute approximate surface area is 159 Å². The van der Waals surface area contributed by atoms with Crippen molar-refractivity contribution < 1.29 is 18.2 Å². The number of esters is 1. The number of hydrogen-bond acceptors (Lipinski definition) is 5. The quantitative estimate of drug-likeness (QED) is 0.496. The van der Waals surface area contributed by atoms with Crippen LogP contribution in [0.1, 0.15) is 32.6 Å². The second kappa shape index (κ2) is 7.88. The van der Waals surface area contributed by atoms with Gasteiger partial charge in [-0.05, 0) is 54.8 Å². The molecule has 0 fully saturated rings. The highest BCUT2D eigenvalue weighted by atomic mass is 32.2. The van der Waals surface area contributed by atoms with Crippen LogP contribution >= 0.6 is 0 Å². The fourth-order valence-corrected chi connectivity index (χ4v) is 3.50. The Kier molecular flexibility index (Phi) is 5.56. The summed E-state index contributed by atoms with van der Waals surface area (Å²) >= 11 is 0. The first-order valence-electron chi connectivity index (χ1n) is 8.43. The predicted molar refractivity (Wildman–Crippen MR) is 105 cm³/mol. The summed E-state index contributed by atoms with van der Waals surface area (Å²) in [5.41, 5.74) is 3.87. The van der Waals surface area contributed by atoms with E-state index >= 15 is 0 Å². The van der Waals surface area contributed by atoms with Crippen LogP contribution in [0, 0.1) is 13.8 Å². The lowest BCUT2D eigenvalue weighted by Gasteiger charge is -2.10. The molecule has 0 radical (unpaired) electrons. The maximum Gasteiger partial charge on any atom is 0.338 e. The third kappa shape index (κ3) is 4.52. The molecular formula is C21H20O5S. The van der Waals surface area contributed by atoms with E-state index in [0.717, 1.165) is 22.1 Å². The van der Waals surface area contributed by atoms with Crippen LogP contribution in [0.3, 0.4) is 0 Å². The van der Waals surface area contributed by atoms with Gasteiger partial charge in [-0.1, -0.05) is 12.1 Å². The summed E-state index contributed by atoms with van der Waals surface area (Å²) in [4.78, 5) is 24.2. The second-order valence-corrected chi connectivity index (χ2v) is 7.95. The number of carbonyl (C=O) groups excluding carboxylic acids is 1. The Bertz CT molecular complexity index is 1100. The van der Waals surface area contributed by atoms with Crippen molar-refractivity contribution in [2.75, 3.05) is 6.26 Å². The number of benzene rings is 2. The zero-order valence-corrected chi connectivity index (χ0v) is 16.2. The molecule has 1 unspecified atom stereocenters. The average molecular weight is 384 g/mol. The largest absolute Gasteiger partial charge is 0.457 e. The molecule has 1 atom stereocenters. The van der Waals surface area contributed by atoms with Crippen LogP contribution in [0.25, 0.3) is 11.0 Å². The molecule has 0 N–H and O–H groups in total. The Morgan fingerprint density at radius 2 is 1.85 bits per heavy atom. The van der Waals surface area contributed by atoms with Crippen LogP contribution in [-0.2, 0) is 27.9 Å². The third-order valence-corrected chi connectivity index (χ3v) is 5.08. The van der Waals surface area contributed by atoms with E-state index in [1.54, 1.807) is 24.5 Å². The van der Waals surface area contributed by atoms with Crippen molar-refractivity contribution in [2.24, 2.45) is 0 Å². The molecule has 0 aliphatic rings. The molecule has 0 amide bonds. The van der Waals surface area contributed by atoms with Gasteiger partial charge < -0.3 is 9.15 Å². The minimum absolute atomic E-state index is 0.0344. The first kappa shape index (κ1) is 19.0. The van der Waals surface area contributed by atoms with Gasteiger partial charge in [0, 0.05) is 39.8 Å². The molecule has 3 aromatic rings. The van der Waals surface area contributed by atoms with E-state index in [0.29, 0.717) is 22.5 Å². The molecular weight excluding hydrogens is 364 g/mol. The van der Waals surface area contributed by atoms with Crippen molar-refractivity contribution in [3.8, 4) is 0 Å². The minimum atomic E-state index is -0.991. The van der Waals surface area contributed by atoms with E-state index < -0.39 is 22.4 Å². The van der Waals surface area contributed by atoms with Crippen LogP contribution in [0.5, 0.6) is 0 Å². The van der Waals surface area contributed by atoms with Crippen LogP contribution in [0.15, 0.2) is 51.7 Å². The van der Waals surface area contributed by atoms with Crippen LogP contribution < -0.4 is 5.63 Å². The topological polar surface area (TPSA) is 73.6 Å². The van der Waals surface area contributed by atoms with Crippen molar-refractivity contribution in [2.45, 2.75) is 26.2 Å². The number of aryl methyl sites for hydroxylation is 2. The highest BCUT2D eigenvalue weighted by Crippen LogP contribution is 2.22. The Hall–Kier alpha value is -2.73. The van der Waals surface area contributed by atoms with Crippen LogP contribution in [-0.4, -0.2) is 16.4 Å². The Balaban J connectivity index is 1.84. The zero-order chi connectivity index (χ0) is 19.6. The van der Waals surface area contributed by atoms with Gasteiger partial charge in [0.15, 0.2) is 0 Å². The fourth-order valence-electron chi connectivity index (χ4n) is 2.85. The summed E-state index contributed by atoms with van der Waals surface area (Å²) in [7, 11) is -0.991. The maximum atomic E-state index is 12.4. The van der Waals surface area contributed by atoms with E-state index in [-0.39, 0.29) is 6.61 Å². The molecule has 3 rings (SSSR count). The average Bonchev–Trinajstić information content (AvgIpc) is 2.60. The van der Waals surface area contributed by atoms with Gasteiger partial charge in [-0.25, -0.2) is 9.59 Å². The van der Waals surface area contributed by atoms with E-state index in [1.165, 1.54) is 6.07 Å². The molecule has 6 heteroatoms. The molecule has 0 saturated carbocycles. The highest BCUT2D eigenvalue weighted by Gasteiger charge is 2.12. The third-order valence-electron chi connectivity index (χ3n) is 4.34. The van der Waals surface area contributed by atoms with E-state index in [4.69, 9.17) is 9.15 Å². The fraction of sp³-hybridized carbons (Fsp3) is 0.238. The van der Waals surface area contributed by atoms with E-state index in [2.05, 4.69) is 0 Å². The van der Waals surface area contributed by atoms with Crippen molar-refractivity contribution in [3.63, 3.8) is 0 Å². The van der Waals surface area contributed by atoms with Gasteiger partial charge in [-0.3, -0.25) is 4.21 Å². The number of carbonyl (C=O) groups is 1. The van der Waals surface area contributed by atoms with Crippen molar-refractivity contribution in [1.82, 2.24) is 0 Å². The molecule has 0 bridgehead atoms. The van der Waals surface area contributed by atoms with Gasteiger partial charge in [0.1, 0.15) is 12.2 Å². The molecule has 2 aromatic carbocycles. The van der Waals surface area contributed by atoms with Crippen LogP contribution in [0.4, 0.5) is 0 Å². The minimum Gasteiger partial charge on any atom is -0.457 e. The molecule has 1 heterocycles. The number of ether oxygens (including phenoxy) is 1. The summed E-state index contributed by atoms with van der Waals surface area (Å²) in [6.45, 7) is 3.88. The van der Waals surface area contributed by atoms with Crippen molar-refractivity contribution in [1.29, 1.82) is 0 Å². The molecule has 1 aromatic heterocycles. The molecule has 0 spiro atoms. The van der Waals surface area contributed by atoms with Gasteiger partial charge in [0.05, 0.1) is 5.56 Å². The number of fused-ring (bicyclic) bond motifs is 1. The van der Waals surface area contributed by atoms with Crippen molar-refractivity contribution >= 4 is 27.7 Å². The van der Waals surface area contributed by atoms with Gasteiger partial charge in [0.25, 0.3) is 0 Å². The normalized spacial score (nSPS) is 12.1. The van der Waals surface area contributed by atoms with Gasteiger partial charge in [0.2, 0.25) is 0 Å². The van der Waals surface area contributed by atoms with Crippen molar-refractivity contribution in [3.05, 3.63) is 80.7 Å². The smallest absolute Gasteiger partial charge is 0.338 e. The van der Waals surface area contributed by atoms with Gasteiger partial charge in [-0.2, -0.15) is 0 Å². The maximum absolute atomic E-state index is 12.4. The number of rotatable bonds is 5. The first-order valence-corrected chi connectivity index (χ1v) is 10.2. The summed E-state index contributed by atoms with van der Waals surface area (Å²) in [6.07, 6.45) is 1.61. The highest BCUT2D eigenvalue weighted by molar-refractivity contribution is 7.83. The SMILES string of the molecule is Cc1cc2oc(=O)cc(COC(=O)c3cccc(CS(C)=O)c3)c2cc1C. The number of hydrogen-bond donors (Lipinski definition) is 0.